The van der Waals surface area contributed by atoms with E-state index in [-0.39, 0.29) is 11.7 Å². The second kappa shape index (κ2) is 6.13. The maximum absolute atomic E-state index is 12.0. The van der Waals surface area contributed by atoms with Gasteiger partial charge in [-0.15, -0.1) is 0 Å². The first-order valence-corrected chi connectivity index (χ1v) is 6.90. The van der Waals surface area contributed by atoms with Gasteiger partial charge in [-0.3, -0.25) is 9.69 Å². The van der Waals surface area contributed by atoms with Gasteiger partial charge in [0.15, 0.2) is 11.5 Å². The van der Waals surface area contributed by atoms with Crippen molar-refractivity contribution in [3.63, 3.8) is 0 Å². The second-order valence-electron chi connectivity index (χ2n) is 5.34. The molecule has 0 spiro atoms. The van der Waals surface area contributed by atoms with Crippen LogP contribution in [0.3, 0.4) is 0 Å². The lowest BCUT2D eigenvalue weighted by atomic mass is 10.2. The van der Waals surface area contributed by atoms with E-state index in [0.717, 1.165) is 0 Å². The zero-order valence-electron chi connectivity index (χ0n) is 12.2. The van der Waals surface area contributed by atoms with Gasteiger partial charge < -0.3 is 15.2 Å². The van der Waals surface area contributed by atoms with E-state index in [1.165, 1.54) is 26.0 Å². The number of hydrogen-bond acceptors (Lipinski definition) is 4. The van der Waals surface area contributed by atoms with E-state index in [0.29, 0.717) is 29.9 Å². The topological polar surface area (TPSA) is 61.8 Å². The molecule has 110 valence electrons. The molecule has 1 unspecified atom stereocenters. The molecule has 2 N–H and O–H groups in total. The van der Waals surface area contributed by atoms with Crippen LogP contribution in [0.4, 0.5) is 0 Å². The highest BCUT2D eigenvalue weighted by Crippen LogP contribution is 2.27. The van der Waals surface area contributed by atoms with Gasteiger partial charge in [-0.25, -0.2) is 0 Å². The molecule has 0 radical (unpaired) electrons. The van der Waals surface area contributed by atoms with Crippen molar-refractivity contribution in [1.29, 1.82) is 0 Å². The molecule has 5 nitrogen and oxygen atoms in total. The average molecular weight is 278 g/mol. The molecule has 0 aromatic heterocycles. The summed E-state index contributed by atoms with van der Waals surface area (Å²) in [5, 5.41) is 12.6. The second-order valence-corrected chi connectivity index (χ2v) is 5.34. The lowest BCUT2D eigenvalue weighted by Gasteiger charge is -2.24. The van der Waals surface area contributed by atoms with Crippen molar-refractivity contribution in [3.8, 4) is 11.5 Å². The Labute approximate surface area is 119 Å². The molecule has 1 aliphatic carbocycles. The van der Waals surface area contributed by atoms with Crippen LogP contribution in [0.5, 0.6) is 11.5 Å². The SMILES string of the molecule is COc1ccc(C(=O)NCC(C)N(C)C2CC2)cc1O. The number of carbonyl (C=O) groups is 1. The van der Waals surface area contributed by atoms with E-state index in [1.54, 1.807) is 12.1 Å². The van der Waals surface area contributed by atoms with Crippen LogP contribution in [0.25, 0.3) is 0 Å². The van der Waals surface area contributed by atoms with E-state index >= 15 is 0 Å². The van der Waals surface area contributed by atoms with E-state index < -0.39 is 0 Å². The van der Waals surface area contributed by atoms with E-state index in [4.69, 9.17) is 4.74 Å². The molecule has 0 aliphatic heterocycles. The number of ether oxygens (including phenoxy) is 1. The number of benzene rings is 1. The largest absolute Gasteiger partial charge is 0.504 e. The van der Waals surface area contributed by atoms with Crippen molar-refractivity contribution in [1.82, 2.24) is 10.2 Å². The van der Waals surface area contributed by atoms with Crippen LogP contribution in [0.15, 0.2) is 18.2 Å². The average Bonchev–Trinajstić information content (AvgIpc) is 3.27. The number of nitrogens with one attached hydrogen (secondary N) is 1. The Hall–Kier alpha value is -1.75. The normalized spacial score (nSPS) is 16.0. The molecule has 2 rings (SSSR count). The van der Waals surface area contributed by atoms with Crippen LogP contribution in [-0.2, 0) is 0 Å². The summed E-state index contributed by atoms with van der Waals surface area (Å²) < 4.78 is 4.95. The number of nitrogens with zero attached hydrogens (tertiary/aromatic N) is 1. The Balaban J connectivity index is 1.89. The summed E-state index contributed by atoms with van der Waals surface area (Å²) in [6.45, 7) is 2.70. The Morgan fingerprint density at radius 2 is 2.25 bits per heavy atom. The summed E-state index contributed by atoms with van der Waals surface area (Å²) in [6, 6.07) is 5.63. The number of likely N-dealkylation sites (N-methyl/N-ethyl adjacent to an activating group) is 1. The van der Waals surface area contributed by atoms with Gasteiger partial charge in [-0.1, -0.05) is 0 Å². The standard InChI is InChI=1S/C15H22N2O3/c1-10(17(2)12-5-6-12)9-16-15(19)11-4-7-14(20-3)13(18)8-11/h4,7-8,10,12,18H,5-6,9H2,1-3H3,(H,16,19). The molecule has 0 bridgehead atoms. The predicted octanol–water partition coefficient (Wildman–Crippen LogP) is 1.61. The molecule has 5 heteroatoms. The van der Waals surface area contributed by atoms with Gasteiger partial charge in [-0.05, 0) is 45.0 Å². The fourth-order valence-corrected chi connectivity index (χ4v) is 2.16. The van der Waals surface area contributed by atoms with Crippen LogP contribution < -0.4 is 10.1 Å². The van der Waals surface area contributed by atoms with Gasteiger partial charge in [0.1, 0.15) is 0 Å². The number of amides is 1. The summed E-state index contributed by atoms with van der Waals surface area (Å²) in [5.74, 6) is 0.158. The van der Waals surface area contributed by atoms with Crippen molar-refractivity contribution < 1.29 is 14.6 Å². The number of rotatable bonds is 6. The maximum Gasteiger partial charge on any atom is 0.251 e. The zero-order valence-corrected chi connectivity index (χ0v) is 12.2. The van der Waals surface area contributed by atoms with E-state index in [9.17, 15) is 9.90 Å². The zero-order chi connectivity index (χ0) is 14.7. The summed E-state index contributed by atoms with van der Waals surface area (Å²) in [5.41, 5.74) is 0.435. The Morgan fingerprint density at radius 3 is 2.80 bits per heavy atom. The fraction of sp³-hybridized carbons (Fsp3) is 0.533. The molecular weight excluding hydrogens is 256 g/mol. The summed E-state index contributed by atoms with van der Waals surface area (Å²) in [7, 11) is 3.57. The van der Waals surface area contributed by atoms with Crippen molar-refractivity contribution >= 4 is 5.91 Å². The van der Waals surface area contributed by atoms with E-state index in [1.807, 2.05) is 0 Å². The van der Waals surface area contributed by atoms with Crippen molar-refractivity contribution in [2.45, 2.75) is 31.8 Å². The van der Waals surface area contributed by atoms with E-state index in [2.05, 4.69) is 24.2 Å². The molecule has 1 saturated carbocycles. The molecule has 1 amide bonds. The highest BCUT2D eigenvalue weighted by Gasteiger charge is 2.29. The first kappa shape index (κ1) is 14.7. The molecule has 1 atom stereocenters. The number of methoxy groups -OCH3 is 1. The number of hydrogen-bond donors (Lipinski definition) is 2. The van der Waals surface area contributed by atoms with Crippen molar-refractivity contribution in [2.75, 3.05) is 20.7 Å². The van der Waals surface area contributed by atoms with Gasteiger partial charge in [0.25, 0.3) is 5.91 Å². The van der Waals surface area contributed by atoms with Crippen LogP contribution in [0, 0.1) is 0 Å². The molecule has 1 aromatic carbocycles. The summed E-state index contributed by atoms with van der Waals surface area (Å²) in [6.07, 6.45) is 2.50. The van der Waals surface area contributed by atoms with Gasteiger partial charge in [0.2, 0.25) is 0 Å². The van der Waals surface area contributed by atoms with Crippen LogP contribution in [-0.4, -0.2) is 48.7 Å². The van der Waals surface area contributed by atoms with Gasteiger partial charge in [-0.2, -0.15) is 0 Å². The van der Waals surface area contributed by atoms with Crippen LogP contribution in [0.2, 0.25) is 0 Å². The Morgan fingerprint density at radius 1 is 1.55 bits per heavy atom. The molecule has 1 fully saturated rings. The van der Waals surface area contributed by atoms with Gasteiger partial charge in [0, 0.05) is 24.2 Å². The number of phenolic OH excluding ortho intramolecular Hbond substituents is 1. The first-order valence-electron chi connectivity index (χ1n) is 6.90. The highest BCUT2D eigenvalue weighted by atomic mass is 16.5. The minimum Gasteiger partial charge on any atom is -0.504 e. The van der Waals surface area contributed by atoms with Gasteiger partial charge >= 0.3 is 0 Å². The Kier molecular flexibility index (Phi) is 4.49. The molecule has 0 saturated heterocycles. The van der Waals surface area contributed by atoms with Crippen molar-refractivity contribution in [3.05, 3.63) is 23.8 Å². The third kappa shape index (κ3) is 3.42. The summed E-state index contributed by atoms with van der Waals surface area (Å²) in [4.78, 5) is 14.3. The van der Waals surface area contributed by atoms with Crippen LogP contribution in [0.1, 0.15) is 30.1 Å². The lowest BCUT2D eigenvalue weighted by Crippen LogP contribution is -2.41. The third-order valence-electron chi connectivity index (χ3n) is 3.82. The molecular formula is C15H22N2O3. The molecule has 1 aromatic rings. The van der Waals surface area contributed by atoms with Crippen molar-refractivity contribution in [2.24, 2.45) is 0 Å². The first-order chi connectivity index (χ1) is 9.52. The lowest BCUT2D eigenvalue weighted by molar-refractivity contribution is 0.0939. The highest BCUT2D eigenvalue weighted by molar-refractivity contribution is 5.94. The fourth-order valence-electron chi connectivity index (χ4n) is 2.16. The maximum atomic E-state index is 12.0. The molecule has 0 heterocycles. The number of phenols is 1. The quantitative estimate of drug-likeness (QED) is 0.830. The third-order valence-corrected chi connectivity index (χ3v) is 3.82. The number of aromatic hydroxyl groups is 1. The monoisotopic (exact) mass is 278 g/mol. The van der Waals surface area contributed by atoms with Crippen LogP contribution >= 0.6 is 0 Å². The minimum atomic E-state index is -0.181. The predicted molar refractivity (Wildman–Crippen MR) is 77.2 cm³/mol. The molecule has 1 aliphatic rings. The number of carbonyl (C=O) groups excluding carboxylic acids is 1. The minimum absolute atomic E-state index is 0.0247. The smallest absolute Gasteiger partial charge is 0.251 e. The molecule has 20 heavy (non-hydrogen) atoms. The Bertz CT molecular complexity index is 486. The summed E-state index contributed by atoms with van der Waals surface area (Å²) >= 11 is 0. The van der Waals surface area contributed by atoms with Gasteiger partial charge in [0.05, 0.1) is 7.11 Å².